The minimum atomic E-state index is -0.106. The van der Waals surface area contributed by atoms with Gasteiger partial charge in [-0.05, 0) is 54.1 Å². The predicted molar refractivity (Wildman–Crippen MR) is 80.9 cm³/mol. The second-order valence-electron chi connectivity index (χ2n) is 4.62. The number of carbonyl (C=O) groups is 1. The second-order valence-corrected chi connectivity index (χ2v) is 5.91. The smallest absolute Gasteiger partial charge is 0.265 e. The van der Waals surface area contributed by atoms with Crippen molar-refractivity contribution in [1.29, 1.82) is 0 Å². The summed E-state index contributed by atoms with van der Waals surface area (Å²) >= 11 is 1.47. The number of thiophene rings is 1. The SMILES string of the molecule is Cc1ccc(C(=O)Nc2cc(-n3cnnn3)ccc2C)s1. The average molecular weight is 299 g/mol. The highest BCUT2D eigenvalue weighted by molar-refractivity contribution is 7.14. The fraction of sp³-hybridized carbons (Fsp3) is 0.143. The summed E-state index contributed by atoms with van der Waals surface area (Å²) in [5.74, 6) is -0.106. The van der Waals surface area contributed by atoms with E-state index in [0.29, 0.717) is 4.88 Å². The van der Waals surface area contributed by atoms with E-state index in [1.807, 2.05) is 44.2 Å². The number of hydrogen-bond acceptors (Lipinski definition) is 5. The van der Waals surface area contributed by atoms with Crippen LogP contribution in [0.4, 0.5) is 5.69 Å². The van der Waals surface area contributed by atoms with Crippen LogP contribution < -0.4 is 5.32 Å². The van der Waals surface area contributed by atoms with E-state index >= 15 is 0 Å². The number of hydrogen-bond donors (Lipinski definition) is 1. The first-order valence-corrected chi connectivity index (χ1v) is 7.17. The molecule has 2 heterocycles. The molecule has 1 N–H and O–H groups in total. The van der Waals surface area contributed by atoms with Gasteiger partial charge in [0.2, 0.25) is 0 Å². The van der Waals surface area contributed by atoms with Crippen LogP contribution in [0.5, 0.6) is 0 Å². The van der Waals surface area contributed by atoms with E-state index in [9.17, 15) is 4.79 Å². The molecule has 7 heteroatoms. The Labute approximate surface area is 125 Å². The van der Waals surface area contributed by atoms with Crippen LogP contribution in [0.25, 0.3) is 5.69 Å². The second kappa shape index (κ2) is 5.45. The lowest BCUT2D eigenvalue weighted by atomic mass is 10.1. The molecule has 6 nitrogen and oxygen atoms in total. The Kier molecular flexibility index (Phi) is 3.49. The summed E-state index contributed by atoms with van der Waals surface area (Å²) < 4.78 is 1.55. The maximum absolute atomic E-state index is 12.2. The molecule has 0 saturated carbocycles. The Morgan fingerprint density at radius 2 is 2.10 bits per heavy atom. The van der Waals surface area contributed by atoms with E-state index in [1.54, 1.807) is 4.68 Å². The molecule has 21 heavy (non-hydrogen) atoms. The van der Waals surface area contributed by atoms with Crippen LogP contribution in [-0.4, -0.2) is 26.1 Å². The molecule has 0 bridgehead atoms. The van der Waals surface area contributed by atoms with Crippen molar-refractivity contribution < 1.29 is 4.79 Å². The Hall–Kier alpha value is -2.54. The van der Waals surface area contributed by atoms with Crippen molar-refractivity contribution in [3.63, 3.8) is 0 Å². The molecule has 0 aliphatic rings. The van der Waals surface area contributed by atoms with Crippen LogP contribution in [0.1, 0.15) is 20.1 Å². The van der Waals surface area contributed by atoms with E-state index in [-0.39, 0.29) is 5.91 Å². The lowest BCUT2D eigenvalue weighted by molar-refractivity contribution is 0.103. The molecule has 3 aromatic rings. The van der Waals surface area contributed by atoms with Crippen LogP contribution in [0.3, 0.4) is 0 Å². The molecule has 0 radical (unpaired) electrons. The highest BCUT2D eigenvalue weighted by atomic mass is 32.1. The summed E-state index contributed by atoms with van der Waals surface area (Å²) in [4.78, 5) is 14.0. The zero-order valence-electron chi connectivity index (χ0n) is 11.6. The molecule has 0 saturated heterocycles. The number of tetrazole rings is 1. The first-order chi connectivity index (χ1) is 10.1. The minimum absolute atomic E-state index is 0.106. The molecular weight excluding hydrogens is 286 g/mol. The third kappa shape index (κ3) is 2.82. The van der Waals surface area contributed by atoms with Crippen molar-refractivity contribution in [3.8, 4) is 5.69 Å². The summed E-state index contributed by atoms with van der Waals surface area (Å²) in [7, 11) is 0. The van der Waals surface area contributed by atoms with Gasteiger partial charge in [0.25, 0.3) is 5.91 Å². The van der Waals surface area contributed by atoms with Gasteiger partial charge in [0.05, 0.1) is 10.6 Å². The van der Waals surface area contributed by atoms with Crippen molar-refractivity contribution in [3.05, 3.63) is 52.0 Å². The highest BCUT2D eigenvalue weighted by Crippen LogP contribution is 2.21. The van der Waals surface area contributed by atoms with Gasteiger partial charge in [0, 0.05) is 10.6 Å². The number of aryl methyl sites for hydroxylation is 2. The number of amides is 1. The zero-order chi connectivity index (χ0) is 14.8. The number of rotatable bonds is 3. The summed E-state index contributed by atoms with van der Waals surface area (Å²) in [5.41, 5.74) is 2.52. The molecule has 0 fully saturated rings. The molecule has 3 rings (SSSR count). The van der Waals surface area contributed by atoms with Gasteiger partial charge in [-0.25, -0.2) is 4.68 Å². The maximum Gasteiger partial charge on any atom is 0.265 e. The Balaban J connectivity index is 1.88. The van der Waals surface area contributed by atoms with E-state index in [1.165, 1.54) is 17.7 Å². The van der Waals surface area contributed by atoms with Crippen LogP contribution in [0, 0.1) is 13.8 Å². The summed E-state index contributed by atoms with van der Waals surface area (Å²) in [6.45, 7) is 3.92. The lowest BCUT2D eigenvalue weighted by Gasteiger charge is -2.09. The molecule has 1 aromatic carbocycles. The van der Waals surface area contributed by atoms with Crippen LogP contribution in [0.2, 0.25) is 0 Å². The molecule has 0 atom stereocenters. The van der Waals surface area contributed by atoms with Crippen LogP contribution in [-0.2, 0) is 0 Å². The largest absolute Gasteiger partial charge is 0.321 e. The molecule has 1 amide bonds. The Morgan fingerprint density at radius 3 is 2.76 bits per heavy atom. The monoisotopic (exact) mass is 299 g/mol. The number of aromatic nitrogens is 4. The number of anilines is 1. The van der Waals surface area contributed by atoms with E-state index in [4.69, 9.17) is 0 Å². The average Bonchev–Trinajstić information content (AvgIpc) is 3.12. The van der Waals surface area contributed by atoms with Gasteiger partial charge in [-0.1, -0.05) is 6.07 Å². The van der Waals surface area contributed by atoms with Gasteiger partial charge in [-0.3, -0.25) is 4.79 Å². The van der Waals surface area contributed by atoms with Crippen molar-refractivity contribution in [2.45, 2.75) is 13.8 Å². The quantitative estimate of drug-likeness (QED) is 0.807. The first kappa shape index (κ1) is 13.4. The topological polar surface area (TPSA) is 72.7 Å². The van der Waals surface area contributed by atoms with E-state index in [2.05, 4.69) is 20.8 Å². The van der Waals surface area contributed by atoms with Crippen molar-refractivity contribution in [1.82, 2.24) is 20.2 Å². The fourth-order valence-corrected chi connectivity index (χ4v) is 2.67. The highest BCUT2D eigenvalue weighted by Gasteiger charge is 2.11. The van der Waals surface area contributed by atoms with Gasteiger partial charge < -0.3 is 5.32 Å². The lowest BCUT2D eigenvalue weighted by Crippen LogP contribution is -2.11. The maximum atomic E-state index is 12.2. The summed E-state index contributed by atoms with van der Waals surface area (Å²) in [6, 6.07) is 9.44. The Morgan fingerprint density at radius 1 is 1.24 bits per heavy atom. The van der Waals surface area contributed by atoms with E-state index < -0.39 is 0 Å². The fourth-order valence-electron chi connectivity index (χ4n) is 1.91. The third-order valence-electron chi connectivity index (χ3n) is 3.05. The van der Waals surface area contributed by atoms with Crippen molar-refractivity contribution >= 4 is 22.9 Å². The number of nitrogens with one attached hydrogen (secondary N) is 1. The minimum Gasteiger partial charge on any atom is -0.321 e. The summed E-state index contributed by atoms with van der Waals surface area (Å²) in [6.07, 6.45) is 1.51. The van der Waals surface area contributed by atoms with Crippen molar-refractivity contribution in [2.75, 3.05) is 5.32 Å². The number of carbonyl (C=O) groups excluding carboxylic acids is 1. The van der Waals surface area contributed by atoms with Gasteiger partial charge in [0.15, 0.2) is 0 Å². The van der Waals surface area contributed by atoms with Gasteiger partial charge >= 0.3 is 0 Å². The van der Waals surface area contributed by atoms with E-state index in [0.717, 1.165) is 21.8 Å². The Bertz CT molecular complexity index is 779. The van der Waals surface area contributed by atoms with Gasteiger partial charge in [-0.2, -0.15) is 0 Å². The molecule has 0 spiro atoms. The third-order valence-corrected chi connectivity index (χ3v) is 4.05. The number of nitrogens with zero attached hydrogens (tertiary/aromatic N) is 4. The predicted octanol–water partition coefficient (Wildman–Crippen LogP) is 2.59. The zero-order valence-corrected chi connectivity index (χ0v) is 12.4. The van der Waals surface area contributed by atoms with Gasteiger partial charge in [0.1, 0.15) is 6.33 Å². The van der Waals surface area contributed by atoms with Gasteiger partial charge in [-0.15, -0.1) is 16.4 Å². The standard InChI is InChI=1S/C14H13N5OS/c1-9-3-5-11(19-8-15-17-18-19)7-12(9)16-14(20)13-6-4-10(2)21-13/h3-8H,1-2H3,(H,16,20). The molecule has 0 unspecified atom stereocenters. The molecule has 0 aliphatic heterocycles. The van der Waals surface area contributed by atoms with Crippen LogP contribution in [0.15, 0.2) is 36.7 Å². The molecule has 0 aliphatic carbocycles. The van der Waals surface area contributed by atoms with Crippen molar-refractivity contribution in [2.24, 2.45) is 0 Å². The summed E-state index contributed by atoms with van der Waals surface area (Å²) in [5, 5.41) is 14.0. The normalized spacial score (nSPS) is 10.6. The molecular formula is C14H13N5OS. The number of benzene rings is 1. The first-order valence-electron chi connectivity index (χ1n) is 6.35. The van der Waals surface area contributed by atoms with Crippen LogP contribution >= 0.6 is 11.3 Å². The molecule has 2 aromatic heterocycles. The molecule has 106 valence electrons.